The summed E-state index contributed by atoms with van der Waals surface area (Å²) in [5.74, 6) is -2.15. The Kier molecular flexibility index (Phi) is 6.25. The number of rotatable bonds is 5. The maximum absolute atomic E-state index is 13.7. The minimum absolute atomic E-state index is 0.00714. The summed E-state index contributed by atoms with van der Waals surface area (Å²) in [5.41, 5.74) is 0.311. The Morgan fingerprint density at radius 2 is 1.93 bits per heavy atom. The smallest absolute Gasteiger partial charge is 0.293 e. The second-order valence-corrected chi connectivity index (χ2v) is 7.58. The van der Waals surface area contributed by atoms with Gasteiger partial charge in [0.25, 0.3) is 17.1 Å². The predicted molar refractivity (Wildman–Crippen MR) is 106 cm³/mol. The zero-order chi connectivity index (χ0) is 20.3. The molecule has 0 saturated carbocycles. The molecule has 2 aromatic rings. The normalized spacial score (nSPS) is 15.4. The first-order chi connectivity index (χ1) is 13.4. The highest BCUT2D eigenvalue weighted by atomic mass is 79.9. The molecule has 1 fully saturated rings. The number of carbonyl (C=O) groups is 3. The van der Waals surface area contributed by atoms with Crippen LogP contribution in [0.4, 0.5) is 13.6 Å². The number of nitrogens with zero attached hydrogens (tertiary/aromatic N) is 1. The third-order valence-corrected chi connectivity index (χ3v) is 5.46. The summed E-state index contributed by atoms with van der Waals surface area (Å²) in [6.45, 7) is -0.0647. The van der Waals surface area contributed by atoms with Crippen molar-refractivity contribution in [3.8, 4) is 0 Å². The first kappa shape index (κ1) is 20.2. The molecule has 1 aliphatic rings. The van der Waals surface area contributed by atoms with E-state index < -0.39 is 28.7 Å². The van der Waals surface area contributed by atoms with Gasteiger partial charge in [0, 0.05) is 23.1 Å². The minimum Gasteiger partial charge on any atom is -0.350 e. The number of imide groups is 1. The summed E-state index contributed by atoms with van der Waals surface area (Å²) in [6.07, 6.45) is 1.32. The highest BCUT2D eigenvalue weighted by Gasteiger charge is 2.34. The van der Waals surface area contributed by atoms with Gasteiger partial charge in [-0.2, -0.15) is 0 Å². The van der Waals surface area contributed by atoms with Crippen LogP contribution in [-0.2, 0) is 4.79 Å². The molecule has 5 nitrogen and oxygen atoms in total. The van der Waals surface area contributed by atoms with E-state index in [0.717, 1.165) is 11.0 Å². The number of hydrogen-bond donors (Lipinski definition) is 1. The lowest BCUT2D eigenvalue weighted by molar-refractivity contribution is -0.122. The lowest BCUT2D eigenvalue weighted by Gasteiger charge is -2.13. The van der Waals surface area contributed by atoms with E-state index in [1.807, 2.05) is 0 Å². The number of hydrogen-bond acceptors (Lipinski definition) is 4. The molecule has 28 heavy (non-hydrogen) atoms. The Hall–Kier alpha value is -2.52. The number of amides is 3. The van der Waals surface area contributed by atoms with Gasteiger partial charge in [0.2, 0.25) is 0 Å². The first-order valence-corrected chi connectivity index (χ1v) is 9.71. The second kappa shape index (κ2) is 8.66. The molecule has 144 valence electrons. The van der Waals surface area contributed by atoms with Gasteiger partial charge >= 0.3 is 0 Å². The van der Waals surface area contributed by atoms with E-state index in [9.17, 15) is 23.2 Å². The Balaban J connectivity index is 1.63. The van der Waals surface area contributed by atoms with Gasteiger partial charge in [-0.05, 0) is 58.0 Å². The van der Waals surface area contributed by atoms with Crippen LogP contribution in [0.2, 0.25) is 0 Å². The van der Waals surface area contributed by atoms with Crippen LogP contribution in [0.15, 0.2) is 51.8 Å². The van der Waals surface area contributed by atoms with Crippen LogP contribution in [0, 0.1) is 11.6 Å². The molecule has 0 atom stereocenters. The highest BCUT2D eigenvalue weighted by Crippen LogP contribution is 2.32. The van der Waals surface area contributed by atoms with Crippen molar-refractivity contribution in [1.29, 1.82) is 0 Å². The maximum Gasteiger partial charge on any atom is 0.293 e. The predicted octanol–water partition coefficient (Wildman–Crippen LogP) is 4.19. The average molecular weight is 467 g/mol. The van der Waals surface area contributed by atoms with Crippen molar-refractivity contribution in [1.82, 2.24) is 10.2 Å². The van der Waals surface area contributed by atoms with Crippen molar-refractivity contribution in [2.24, 2.45) is 0 Å². The monoisotopic (exact) mass is 466 g/mol. The minimum atomic E-state index is -0.558. The van der Waals surface area contributed by atoms with Crippen molar-refractivity contribution < 1.29 is 23.2 Å². The summed E-state index contributed by atoms with van der Waals surface area (Å²) in [5, 5.41) is 2.03. The molecule has 1 N–H and O–H groups in total. The third kappa shape index (κ3) is 4.48. The lowest BCUT2D eigenvalue weighted by atomic mass is 10.2. The molecular weight excluding hydrogens is 454 g/mol. The molecule has 1 heterocycles. The van der Waals surface area contributed by atoms with Gasteiger partial charge in [-0.15, -0.1) is 0 Å². The SMILES string of the molecule is O=C(NCCN1C(=O)S/C(=C\c2ccccc2F)C1=O)c1cc(F)ccc1Br. The Labute approximate surface area is 171 Å². The van der Waals surface area contributed by atoms with Crippen molar-refractivity contribution in [3.05, 3.63) is 74.6 Å². The van der Waals surface area contributed by atoms with E-state index in [1.165, 1.54) is 36.4 Å². The Bertz CT molecular complexity index is 997. The third-order valence-electron chi connectivity index (χ3n) is 3.86. The Morgan fingerprint density at radius 3 is 2.68 bits per heavy atom. The molecular formula is C19H13BrF2N2O3S. The summed E-state index contributed by atoms with van der Waals surface area (Å²) in [4.78, 5) is 37.7. The summed E-state index contributed by atoms with van der Waals surface area (Å²) >= 11 is 3.87. The molecule has 2 aromatic carbocycles. The fourth-order valence-corrected chi connectivity index (χ4v) is 3.76. The quantitative estimate of drug-likeness (QED) is 0.670. The molecule has 0 spiro atoms. The topological polar surface area (TPSA) is 66.5 Å². The molecule has 0 radical (unpaired) electrons. The number of carbonyl (C=O) groups excluding carboxylic acids is 3. The molecule has 1 aliphatic heterocycles. The largest absolute Gasteiger partial charge is 0.350 e. The van der Waals surface area contributed by atoms with E-state index >= 15 is 0 Å². The number of benzene rings is 2. The van der Waals surface area contributed by atoms with Gasteiger partial charge in [-0.3, -0.25) is 19.3 Å². The molecule has 0 bridgehead atoms. The molecule has 3 amide bonds. The van der Waals surface area contributed by atoms with Crippen LogP contribution in [0.1, 0.15) is 15.9 Å². The van der Waals surface area contributed by atoms with E-state index in [-0.39, 0.29) is 29.1 Å². The van der Waals surface area contributed by atoms with Gasteiger partial charge in [0.15, 0.2) is 0 Å². The van der Waals surface area contributed by atoms with Gasteiger partial charge in [0.05, 0.1) is 10.5 Å². The van der Waals surface area contributed by atoms with Gasteiger partial charge < -0.3 is 5.32 Å². The van der Waals surface area contributed by atoms with Crippen LogP contribution in [0.25, 0.3) is 6.08 Å². The van der Waals surface area contributed by atoms with Crippen LogP contribution >= 0.6 is 27.7 Å². The zero-order valence-corrected chi connectivity index (χ0v) is 16.6. The van der Waals surface area contributed by atoms with Crippen molar-refractivity contribution >= 4 is 50.8 Å². The number of halogens is 3. The zero-order valence-electron chi connectivity index (χ0n) is 14.2. The number of thioether (sulfide) groups is 1. The lowest BCUT2D eigenvalue weighted by Crippen LogP contribution is -2.37. The van der Waals surface area contributed by atoms with E-state index in [1.54, 1.807) is 6.07 Å². The summed E-state index contributed by atoms with van der Waals surface area (Å²) in [7, 11) is 0. The fraction of sp³-hybridized carbons (Fsp3) is 0.105. The van der Waals surface area contributed by atoms with E-state index in [0.29, 0.717) is 16.2 Å². The van der Waals surface area contributed by atoms with Gasteiger partial charge in [-0.25, -0.2) is 8.78 Å². The molecule has 0 aliphatic carbocycles. The van der Waals surface area contributed by atoms with Crippen LogP contribution in [0.5, 0.6) is 0 Å². The summed E-state index contributed by atoms with van der Waals surface area (Å²) in [6, 6.07) is 9.61. The number of nitrogens with one attached hydrogen (secondary N) is 1. The van der Waals surface area contributed by atoms with Crippen molar-refractivity contribution in [2.75, 3.05) is 13.1 Å². The van der Waals surface area contributed by atoms with Crippen LogP contribution in [0.3, 0.4) is 0 Å². The van der Waals surface area contributed by atoms with E-state index in [4.69, 9.17) is 0 Å². The average Bonchev–Trinajstić information content (AvgIpc) is 2.92. The fourth-order valence-electron chi connectivity index (χ4n) is 2.47. The molecule has 0 unspecified atom stereocenters. The second-order valence-electron chi connectivity index (χ2n) is 5.73. The maximum atomic E-state index is 13.7. The summed E-state index contributed by atoms with van der Waals surface area (Å²) < 4.78 is 27.5. The van der Waals surface area contributed by atoms with E-state index in [2.05, 4.69) is 21.2 Å². The molecule has 1 saturated heterocycles. The first-order valence-electron chi connectivity index (χ1n) is 8.10. The van der Waals surface area contributed by atoms with Gasteiger partial charge in [-0.1, -0.05) is 18.2 Å². The highest BCUT2D eigenvalue weighted by molar-refractivity contribution is 9.10. The molecule has 0 aromatic heterocycles. The van der Waals surface area contributed by atoms with Gasteiger partial charge in [0.1, 0.15) is 11.6 Å². The van der Waals surface area contributed by atoms with Crippen molar-refractivity contribution in [3.63, 3.8) is 0 Å². The Morgan fingerprint density at radius 1 is 1.18 bits per heavy atom. The van der Waals surface area contributed by atoms with Crippen LogP contribution in [-0.4, -0.2) is 35.0 Å². The standard InChI is InChI=1S/C19H13BrF2N2O3S/c20-14-6-5-12(21)10-13(14)17(25)23-7-8-24-18(26)16(28-19(24)27)9-11-3-1-2-4-15(11)22/h1-6,9-10H,7-8H2,(H,23,25)/b16-9-. The molecule has 9 heteroatoms. The molecule has 3 rings (SSSR count). The van der Waals surface area contributed by atoms with Crippen molar-refractivity contribution in [2.45, 2.75) is 0 Å². The van der Waals surface area contributed by atoms with Crippen LogP contribution < -0.4 is 5.32 Å².